The Labute approximate surface area is 174 Å². The highest BCUT2D eigenvalue weighted by molar-refractivity contribution is 6.24. The van der Waals surface area contributed by atoms with E-state index < -0.39 is 22.8 Å². The van der Waals surface area contributed by atoms with E-state index in [0.717, 1.165) is 0 Å². The van der Waals surface area contributed by atoms with Gasteiger partial charge in [0.15, 0.2) is 0 Å². The lowest BCUT2D eigenvalue weighted by atomic mass is 9.87. The van der Waals surface area contributed by atoms with Gasteiger partial charge in [-0.1, -0.05) is 43.6 Å². The number of ether oxygens (including phenoxy) is 2. The Kier molecular flexibility index (Phi) is 6.33. The fourth-order valence-corrected chi connectivity index (χ4v) is 3.03. The fourth-order valence-electron chi connectivity index (χ4n) is 2.65. The van der Waals surface area contributed by atoms with Crippen molar-refractivity contribution < 1.29 is 14.6 Å². The molecule has 1 N–H and O–H groups in total. The molecule has 1 aromatic heterocycles. The van der Waals surface area contributed by atoms with Crippen LogP contribution in [0.3, 0.4) is 0 Å². The van der Waals surface area contributed by atoms with Crippen LogP contribution in [-0.2, 0) is 4.74 Å². The molecular weight excluding hydrogens is 401 g/mol. The van der Waals surface area contributed by atoms with Crippen LogP contribution in [0.2, 0.25) is 0 Å². The van der Waals surface area contributed by atoms with Gasteiger partial charge in [0, 0.05) is 17.7 Å². The molecule has 1 aliphatic carbocycles. The van der Waals surface area contributed by atoms with Crippen LogP contribution in [0.5, 0.6) is 5.75 Å². The first-order valence-electron chi connectivity index (χ1n) is 8.90. The number of rotatable bonds is 8. The fraction of sp³-hybridized carbons (Fsp3) is 0.400. The van der Waals surface area contributed by atoms with Gasteiger partial charge in [-0.05, 0) is 30.4 Å². The van der Waals surface area contributed by atoms with Gasteiger partial charge in [0.1, 0.15) is 30.3 Å². The summed E-state index contributed by atoms with van der Waals surface area (Å²) >= 11 is 12.6. The molecule has 8 heteroatoms. The van der Waals surface area contributed by atoms with Gasteiger partial charge in [0.05, 0.1) is 0 Å². The predicted octanol–water partition coefficient (Wildman–Crippen LogP) is 4.28. The Morgan fingerprint density at radius 1 is 1.32 bits per heavy atom. The van der Waals surface area contributed by atoms with Crippen LogP contribution in [0, 0.1) is 5.41 Å². The topological polar surface area (TPSA) is 69.4 Å². The highest BCUT2D eigenvalue weighted by Gasteiger charge is 2.38. The number of halogens is 2. The van der Waals surface area contributed by atoms with Crippen molar-refractivity contribution in [3.63, 3.8) is 0 Å². The highest BCUT2D eigenvalue weighted by Crippen LogP contribution is 2.35. The quantitative estimate of drug-likeness (QED) is 0.641. The van der Waals surface area contributed by atoms with Gasteiger partial charge in [-0.3, -0.25) is 0 Å². The summed E-state index contributed by atoms with van der Waals surface area (Å²) in [7, 11) is 0. The van der Waals surface area contributed by atoms with E-state index in [1.54, 1.807) is 12.2 Å². The second kappa shape index (κ2) is 8.55. The zero-order chi connectivity index (χ0) is 20.2. The van der Waals surface area contributed by atoms with E-state index in [2.05, 4.69) is 10.1 Å². The lowest BCUT2D eigenvalue weighted by Gasteiger charge is -2.35. The molecule has 0 bridgehead atoms. The van der Waals surface area contributed by atoms with E-state index in [9.17, 15) is 5.11 Å². The van der Waals surface area contributed by atoms with E-state index in [-0.39, 0.29) is 5.88 Å². The van der Waals surface area contributed by atoms with Crippen molar-refractivity contribution in [2.75, 3.05) is 5.88 Å². The summed E-state index contributed by atoms with van der Waals surface area (Å²) in [6.07, 6.45) is 6.86. The minimum absolute atomic E-state index is 0.257. The normalized spacial score (nSPS) is 21.7. The van der Waals surface area contributed by atoms with Crippen LogP contribution in [-0.4, -0.2) is 36.9 Å². The van der Waals surface area contributed by atoms with Gasteiger partial charge >= 0.3 is 0 Å². The zero-order valence-electron chi connectivity index (χ0n) is 15.7. The maximum atomic E-state index is 10.8. The molecule has 150 valence electrons. The van der Waals surface area contributed by atoms with E-state index in [1.807, 2.05) is 50.3 Å². The van der Waals surface area contributed by atoms with Gasteiger partial charge in [-0.25, -0.2) is 9.67 Å². The summed E-state index contributed by atoms with van der Waals surface area (Å²) in [5, 5.41) is 14.0. The smallest absolute Gasteiger partial charge is 0.219 e. The first-order valence-corrected chi connectivity index (χ1v) is 9.81. The van der Waals surface area contributed by atoms with Crippen LogP contribution in [0.15, 0.2) is 67.0 Å². The summed E-state index contributed by atoms with van der Waals surface area (Å²) in [6.45, 7) is 3.72. The molecule has 3 rings (SSSR count). The number of para-hydroxylation sites is 1. The average molecular weight is 424 g/mol. The molecule has 0 fully saturated rings. The van der Waals surface area contributed by atoms with Crippen LogP contribution < -0.4 is 4.74 Å². The summed E-state index contributed by atoms with van der Waals surface area (Å²) in [4.78, 5) is 3.95. The molecule has 0 saturated heterocycles. The van der Waals surface area contributed by atoms with Gasteiger partial charge in [-0.15, -0.1) is 11.6 Å². The molecule has 1 aliphatic rings. The molecule has 0 radical (unpaired) electrons. The van der Waals surface area contributed by atoms with Crippen molar-refractivity contribution in [3.05, 3.63) is 67.0 Å². The Hall–Kier alpha value is -2.02. The van der Waals surface area contributed by atoms with Gasteiger partial charge in [0.2, 0.25) is 11.3 Å². The average Bonchev–Trinajstić information content (AvgIpc) is 3.22. The van der Waals surface area contributed by atoms with Crippen molar-refractivity contribution in [2.24, 2.45) is 5.41 Å². The second-order valence-corrected chi connectivity index (χ2v) is 8.20. The Bertz CT molecular complexity index is 824. The number of allylic oxidation sites excluding steroid dienone is 1. The zero-order valence-corrected chi connectivity index (χ0v) is 17.2. The van der Waals surface area contributed by atoms with Crippen molar-refractivity contribution in [2.45, 2.75) is 37.7 Å². The minimum Gasteiger partial charge on any atom is -0.468 e. The number of aliphatic hydroxyl groups excluding tert-OH is 1. The third kappa shape index (κ3) is 4.87. The first-order chi connectivity index (χ1) is 13.3. The monoisotopic (exact) mass is 423 g/mol. The number of aromatic nitrogens is 3. The molecule has 0 saturated carbocycles. The molecule has 1 aromatic carbocycles. The lowest BCUT2D eigenvalue weighted by Crippen LogP contribution is -2.40. The summed E-state index contributed by atoms with van der Waals surface area (Å²) < 4.78 is 13.4. The maximum Gasteiger partial charge on any atom is 0.219 e. The second-order valence-electron chi connectivity index (χ2n) is 7.30. The summed E-state index contributed by atoms with van der Waals surface area (Å²) in [5.41, 5.74) is -0.593. The number of alkyl halides is 2. The summed E-state index contributed by atoms with van der Waals surface area (Å²) in [5.74, 6) is 1.49. The Balaban J connectivity index is 1.72. The van der Waals surface area contributed by atoms with E-state index in [1.165, 1.54) is 17.3 Å². The third-order valence-corrected chi connectivity index (χ3v) is 5.52. The largest absolute Gasteiger partial charge is 0.468 e. The van der Waals surface area contributed by atoms with Gasteiger partial charge in [0.25, 0.3) is 0 Å². The molecule has 6 nitrogen and oxygen atoms in total. The molecule has 3 atom stereocenters. The van der Waals surface area contributed by atoms with E-state index in [4.69, 9.17) is 32.7 Å². The Morgan fingerprint density at radius 3 is 2.64 bits per heavy atom. The minimum atomic E-state index is -0.995. The summed E-state index contributed by atoms with van der Waals surface area (Å²) in [6, 6.07) is 9.37. The van der Waals surface area contributed by atoms with Crippen LogP contribution in [0.4, 0.5) is 0 Å². The molecular formula is C20H23Cl2N3O3. The molecule has 0 spiro atoms. The number of hydrogen-bond donors (Lipinski definition) is 1. The van der Waals surface area contributed by atoms with Gasteiger partial charge < -0.3 is 14.6 Å². The van der Waals surface area contributed by atoms with E-state index >= 15 is 0 Å². The van der Waals surface area contributed by atoms with Gasteiger partial charge in [-0.2, -0.15) is 5.10 Å². The molecule has 0 aliphatic heterocycles. The number of benzene rings is 1. The molecule has 1 heterocycles. The number of hydrogen-bond acceptors (Lipinski definition) is 5. The number of nitrogens with zero attached hydrogens (tertiary/aromatic N) is 3. The van der Waals surface area contributed by atoms with Crippen molar-refractivity contribution in [3.8, 4) is 5.75 Å². The molecule has 2 aromatic rings. The number of aliphatic hydroxyl groups is 1. The van der Waals surface area contributed by atoms with Crippen molar-refractivity contribution >= 4 is 23.2 Å². The first kappa shape index (κ1) is 20.7. The van der Waals surface area contributed by atoms with Crippen molar-refractivity contribution in [1.82, 2.24) is 14.8 Å². The van der Waals surface area contributed by atoms with Crippen LogP contribution in [0.1, 0.15) is 26.5 Å². The third-order valence-electron chi connectivity index (χ3n) is 4.48. The standard InChI is InChI=1S/C20H23Cl2N3O3/c1-19(2,12-21)17(26)18(25-14-23-13-24-25)27-15-8-10-20(22,11-9-15)28-16-6-4-3-5-7-16/h3-10,13-14,17-18,26H,11-12H2,1-2H3. The van der Waals surface area contributed by atoms with E-state index in [0.29, 0.717) is 17.9 Å². The SMILES string of the molecule is CC(C)(CCl)C(O)C(OC1=CCC(Cl)(Oc2ccccc2)C=C1)n1cncn1. The molecule has 3 unspecified atom stereocenters. The highest BCUT2D eigenvalue weighted by atomic mass is 35.5. The lowest BCUT2D eigenvalue weighted by molar-refractivity contribution is -0.0993. The molecule has 28 heavy (non-hydrogen) atoms. The van der Waals surface area contributed by atoms with Crippen LogP contribution >= 0.6 is 23.2 Å². The molecule has 0 amide bonds. The van der Waals surface area contributed by atoms with Crippen LogP contribution in [0.25, 0.3) is 0 Å². The Morgan fingerprint density at radius 2 is 2.07 bits per heavy atom. The predicted molar refractivity (Wildman–Crippen MR) is 108 cm³/mol. The maximum absolute atomic E-state index is 10.8. The van der Waals surface area contributed by atoms with Crippen molar-refractivity contribution in [1.29, 1.82) is 0 Å².